The lowest BCUT2D eigenvalue weighted by atomic mass is 9.99. The van der Waals surface area contributed by atoms with Crippen molar-refractivity contribution in [2.24, 2.45) is 0 Å². The molecule has 3 aromatic rings. The fourth-order valence-corrected chi connectivity index (χ4v) is 4.34. The lowest BCUT2D eigenvalue weighted by Crippen LogP contribution is -2.24. The molecular weight excluding hydrogens is 487 g/mol. The molecule has 0 heterocycles. The number of alkyl halides is 3. The Bertz CT molecular complexity index is 1360. The van der Waals surface area contributed by atoms with Crippen molar-refractivity contribution in [3.63, 3.8) is 0 Å². The second-order valence-corrected chi connectivity index (χ2v) is 8.79. The first-order valence-electron chi connectivity index (χ1n) is 9.92. The second-order valence-electron chi connectivity index (χ2n) is 7.14. The number of nitrogens with zero attached hydrogens (tertiary/aromatic N) is 1. The highest BCUT2D eigenvalue weighted by Gasteiger charge is 2.31. The van der Waals surface area contributed by atoms with Crippen LogP contribution in [0.2, 0.25) is 0 Å². The van der Waals surface area contributed by atoms with Crippen molar-refractivity contribution in [2.45, 2.75) is 17.2 Å². The number of benzene rings is 3. The number of halogens is 3. The molecule has 35 heavy (non-hydrogen) atoms. The maximum atomic E-state index is 12.8. The Morgan fingerprint density at radius 3 is 2.37 bits per heavy atom. The van der Waals surface area contributed by atoms with Gasteiger partial charge in [0.1, 0.15) is 16.7 Å². The van der Waals surface area contributed by atoms with Crippen molar-refractivity contribution < 1.29 is 36.2 Å². The average Bonchev–Trinajstić information content (AvgIpc) is 2.79. The van der Waals surface area contributed by atoms with E-state index in [4.69, 9.17) is 0 Å². The van der Waals surface area contributed by atoms with Gasteiger partial charge < -0.3 is 15.2 Å². The SMILES string of the molecule is N#Cc1cc(NC(=O)[C@@H](CO)c2ccccc2)ccc1S(=O)(=O)Nc1cccc(OC(F)(F)F)c1. The van der Waals surface area contributed by atoms with Crippen LogP contribution in [-0.2, 0) is 14.8 Å². The fraction of sp³-hybridized carbons (Fsp3) is 0.130. The highest BCUT2D eigenvalue weighted by Crippen LogP contribution is 2.28. The van der Waals surface area contributed by atoms with E-state index in [-0.39, 0.29) is 16.9 Å². The number of aliphatic hydroxyl groups excluding tert-OH is 1. The molecule has 0 aliphatic heterocycles. The van der Waals surface area contributed by atoms with Gasteiger partial charge >= 0.3 is 6.36 Å². The molecule has 1 atom stereocenters. The van der Waals surface area contributed by atoms with Gasteiger partial charge in [-0.05, 0) is 35.9 Å². The zero-order valence-corrected chi connectivity index (χ0v) is 18.6. The van der Waals surface area contributed by atoms with Gasteiger partial charge in [-0.1, -0.05) is 36.4 Å². The summed E-state index contributed by atoms with van der Waals surface area (Å²) in [6, 6.07) is 17.9. The molecule has 182 valence electrons. The molecule has 3 N–H and O–H groups in total. The van der Waals surface area contributed by atoms with Gasteiger partial charge in [0.05, 0.1) is 23.8 Å². The molecule has 1 amide bonds. The quantitative estimate of drug-likeness (QED) is 0.425. The molecule has 3 aromatic carbocycles. The van der Waals surface area contributed by atoms with Gasteiger partial charge in [0.2, 0.25) is 5.91 Å². The molecule has 0 saturated heterocycles. The van der Waals surface area contributed by atoms with Crippen LogP contribution in [0.4, 0.5) is 24.5 Å². The number of hydrogen-bond acceptors (Lipinski definition) is 6. The van der Waals surface area contributed by atoms with E-state index in [9.17, 15) is 36.8 Å². The first-order valence-corrected chi connectivity index (χ1v) is 11.4. The standard InChI is InChI=1S/C23H18F3N3O5S/c24-23(25,26)34-19-8-4-7-18(12-19)29-35(32,33)21-10-9-17(11-16(21)13-27)28-22(31)20(14-30)15-5-2-1-3-6-15/h1-12,20,29-30H,14H2,(H,28,31)/t20-/m0/s1. The summed E-state index contributed by atoms with van der Waals surface area (Å²) in [6.45, 7) is -0.478. The van der Waals surface area contributed by atoms with E-state index in [2.05, 4.69) is 14.8 Å². The molecule has 12 heteroatoms. The monoisotopic (exact) mass is 505 g/mol. The van der Waals surface area contributed by atoms with E-state index in [0.717, 1.165) is 30.3 Å². The van der Waals surface area contributed by atoms with Crippen LogP contribution in [0.15, 0.2) is 77.7 Å². The van der Waals surface area contributed by atoms with Crippen LogP contribution in [0.25, 0.3) is 0 Å². The van der Waals surface area contributed by atoms with Crippen molar-refractivity contribution in [3.05, 3.63) is 83.9 Å². The van der Waals surface area contributed by atoms with E-state index in [1.807, 2.05) is 0 Å². The van der Waals surface area contributed by atoms with Crippen molar-refractivity contribution in [3.8, 4) is 11.8 Å². The molecule has 0 bridgehead atoms. The number of anilines is 2. The Labute approximate surface area is 198 Å². The molecule has 0 radical (unpaired) electrons. The number of amides is 1. The number of carbonyl (C=O) groups excluding carboxylic acids is 1. The molecule has 0 aliphatic carbocycles. The predicted octanol–water partition coefficient (Wildman–Crippen LogP) is 3.97. The van der Waals surface area contributed by atoms with Crippen LogP contribution in [-0.4, -0.2) is 32.4 Å². The van der Waals surface area contributed by atoms with Crippen molar-refractivity contribution in [1.82, 2.24) is 0 Å². The Kier molecular flexibility index (Phi) is 7.63. The van der Waals surface area contributed by atoms with Crippen LogP contribution >= 0.6 is 0 Å². The van der Waals surface area contributed by atoms with Gasteiger partial charge in [-0.2, -0.15) is 5.26 Å². The summed E-state index contributed by atoms with van der Waals surface area (Å²) in [5.74, 6) is -2.09. The van der Waals surface area contributed by atoms with E-state index in [1.54, 1.807) is 36.4 Å². The molecular formula is C23H18F3N3O5S. The van der Waals surface area contributed by atoms with Gasteiger partial charge in [0.25, 0.3) is 10.0 Å². The van der Waals surface area contributed by atoms with Crippen LogP contribution in [0.5, 0.6) is 5.75 Å². The van der Waals surface area contributed by atoms with Crippen LogP contribution in [0.3, 0.4) is 0 Å². The lowest BCUT2D eigenvalue weighted by molar-refractivity contribution is -0.274. The average molecular weight is 505 g/mol. The highest BCUT2D eigenvalue weighted by molar-refractivity contribution is 7.92. The number of ether oxygens (including phenoxy) is 1. The largest absolute Gasteiger partial charge is 0.573 e. The first-order chi connectivity index (χ1) is 16.5. The summed E-state index contributed by atoms with van der Waals surface area (Å²) in [7, 11) is -4.39. The van der Waals surface area contributed by atoms with Crippen molar-refractivity contribution >= 4 is 27.3 Å². The van der Waals surface area contributed by atoms with Gasteiger partial charge in [0, 0.05) is 11.8 Å². The third kappa shape index (κ3) is 6.72. The molecule has 0 saturated carbocycles. The van der Waals surface area contributed by atoms with Gasteiger partial charge in [-0.15, -0.1) is 13.2 Å². The summed E-state index contributed by atoms with van der Waals surface area (Å²) in [6.07, 6.45) is -4.96. The number of nitriles is 1. The Morgan fingerprint density at radius 1 is 1.03 bits per heavy atom. The van der Waals surface area contributed by atoms with Crippen LogP contribution in [0, 0.1) is 11.3 Å². The van der Waals surface area contributed by atoms with Gasteiger partial charge in [-0.25, -0.2) is 8.42 Å². The smallest absolute Gasteiger partial charge is 0.406 e. The van der Waals surface area contributed by atoms with Crippen LogP contribution < -0.4 is 14.8 Å². The topological polar surface area (TPSA) is 129 Å². The highest BCUT2D eigenvalue weighted by atomic mass is 32.2. The Hall–Kier alpha value is -4.08. The van der Waals surface area contributed by atoms with Crippen molar-refractivity contribution in [2.75, 3.05) is 16.6 Å². The number of aliphatic hydroxyl groups is 1. The number of hydrogen-bond donors (Lipinski definition) is 3. The predicted molar refractivity (Wildman–Crippen MR) is 120 cm³/mol. The lowest BCUT2D eigenvalue weighted by Gasteiger charge is -2.16. The van der Waals surface area contributed by atoms with E-state index in [1.165, 1.54) is 12.1 Å². The van der Waals surface area contributed by atoms with Crippen LogP contribution in [0.1, 0.15) is 17.0 Å². The number of nitrogens with one attached hydrogen (secondary N) is 2. The molecule has 8 nitrogen and oxygen atoms in total. The first kappa shape index (κ1) is 25.5. The normalized spacial score (nSPS) is 12.3. The van der Waals surface area contributed by atoms with Crippen molar-refractivity contribution in [1.29, 1.82) is 5.26 Å². The maximum Gasteiger partial charge on any atom is 0.573 e. The van der Waals surface area contributed by atoms with Gasteiger partial charge in [-0.3, -0.25) is 9.52 Å². The van der Waals surface area contributed by atoms with E-state index in [0.29, 0.717) is 5.56 Å². The van der Waals surface area contributed by atoms with Gasteiger partial charge in [0.15, 0.2) is 0 Å². The third-order valence-corrected chi connectivity index (χ3v) is 6.12. The minimum atomic E-state index is -4.96. The molecule has 0 unspecified atom stereocenters. The minimum absolute atomic E-state index is 0.112. The van der Waals surface area contributed by atoms with E-state index < -0.39 is 45.5 Å². The number of sulfonamides is 1. The van der Waals surface area contributed by atoms with E-state index >= 15 is 0 Å². The molecule has 0 aliphatic rings. The molecule has 3 rings (SSSR count). The molecule has 0 spiro atoms. The zero-order chi connectivity index (χ0) is 25.6. The maximum absolute atomic E-state index is 12.8. The summed E-state index contributed by atoms with van der Waals surface area (Å²) in [5, 5.41) is 21.6. The summed E-state index contributed by atoms with van der Waals surface area (Å²) < 4.78 is 68.8. The Balaban J connectivity index is 1.82. The molecule has 0 aromatic heterocycles. The zero-order valence-electron chi connectivity index (χ0n) is 17.8. The fourth-order valence-electron chi connectivity index (χ4n) is 3.15. The second kappa shape index (κ2) is 10.5. The number of carbonyl (C=O) groups is 1. The third-order valence-electron chi connectivity index (χ3n) is 4.68. The molecule has 0 fully saturated rings. The Morgan fingerprint density at radius 2 is 1.74 bits per heavy atom. The summed E-state index contributed by atoms with van der Waals surface area (Å²) in [5.41, 5.74) is 0.133. The number of rotatable bonds is 8. The summed E-state index contributed by atoms with van der Waals surface area (Å²) >= 11 is 0. The summed E-state index contributed by atoms with van der Waals surface area (Å²) in [4.78, 5) is 12.2. The minimum Gasteiger partial charge on any atom is -0.406 e.